The molecular weight excluding hydrogens is 894 g/mol. The van der Waals surface area contributed by atoms with Gasteiger partial charge < -0.3 is 35.1 Å². The molecule has 0 saturated carbocycles. The highest BCUT2D eigenvalue weighted by Crippen LogP contribution is 2.44. The van der Waals surface area contributed by atoms with E-state index in [9.17, 15) is 19.5 Å². The number of carbonyl (C=O) groups is 3. The Morgan fingerprint density at radius 2 is 1.71 bits per heavy atom. The largest absolute Gasteiger partial charge is 0.493 e. The second-order valence-corrected chi connectivity index (χ2v) is 20.5. The second kappa shape index (κ2) is 21.4. The van der Waals surface area contributed by atoms with Crippen molar-refractivity contribution in [2.24, 2.45) is 5.41 Å². The number of benzene rings is 3. The van der Waals surface area contributed by atoms with E-state index >= 15 is 13.2 Å². The molecule has 1 saturated heterocycles. The van der Waals surface area contributed by atoms with Crippen LogP contribution in [-0.2, 0) is 32.1 Å². The van der Waals surface area contributed by atoms with Crippen LogP contribution in [0.1, 0.15) is 94.9 Å². The third-order valence-electron chi connectivity index (χ3n) is 12.5. The Morgan fingerprint density at radius 1 is 1.01 bits per heavy atom. The average molecular weight is 957 g/mol. The SMILES string of the molecule is Cc1ncsc1-c1ccc(CNC(=O)[C@@H]2C[C@@H](O)CN2C(=O)C(NC(=O)COCC/C=C/CCOc2cc(F)c([C@@H]3c4[nH]c5ccccc5c4C[C@@H](C)N3CC(C)(C)F)c(F)c2)C(C)(C)C)cc1. The number of nitrogens with one attached hydrogen (secondary N) is 3. The smallest absolute Gasteiger partial charge is 0.246 e. The number of halogens is 3. The van der Waals surface area contributed by atoms with Crippen molar-refractivity contribution in [1.82, 2.24) is 30.4 Å². The molecule has 1 fully saturated rings. The molecule has 16 heteroatoms. The van der Waals surface area contributed by atoms with E-state index in [0.29, 0.717) is 25.0 Å². The summed E-state index contributed by atoms with van der Waals surface area (Å²) in [6.07, 6.45) is 4.38. The molecule has 2 aliphatic rings. The molecule has 0 aliphatic carbocycles. The fourth-order valence-electron chi connectivity index (χ4n) is 9.18. The van der Waals surface area contributed by atoms with Crippen molar-refractivity contribution in [1.29, 1.82) is 0 Å². The number of aromatic nitrogens is 2. The third kappa shape index (κ3) is 12.0. The lowest BCUT2D eigenvalue weighted by Gasteiger charge is -2.43. The number of β-amino-alcohol motifs (C(OH)–C–C–N with tert-alkyl or cyclic N) is 1. The van der Waals surface area contributed by atoms with Crippen molar-refractivity contribution in [2.75, 3.05) is 32.9 Å². The number of nitrogens with zero attached hydrogens (tertiary/aromatic N) is 3. The first kappa shape index (κ1) is 50.3. The van der Waals surface area contributed by atoms with Crippen molar-refractivity contribution in [3.8, 4) is 16.2 Å². The molecule has 7 rings (SSSR count). The van der Waals surface area contributed by atoms with Crippen LogP contribution >= 0.6 is 11.3 Å². The summed E-state index contributed by atoms with van der Waals surface area (Å²) in [5.74, 6) is -2.88. The number of carbonyl (C=O) groups excluding carboxylic acids is 3. The Hall–Kier alpha value is -5.55. The van der Waals surface area contributed by atoms with Gasteiger partial charge in [-0.1, -0.05) is 75.4 Å². The number of rotatable bonds is 18. The number of H-pyrrole nitrogens is 1. The van der Waals surface area contributed by atoms with E-state index in [4.69, 9.17) is 9.47 Å². The number of hydrogen-bond acceptors (Lipinski definition) is 9. The van der Waals surface area contributed by atoms with Gasteiger partial charge in [-0.2, -0.15) is 0 Å². The van der Waals surface area contributed by atoms with Gasteiger partial charge in [0.15, 0.2) is 0 Å². The van der Waals surface area contributed by atoms with Gasteiger partial charge in [-0.3, -0.25) is 19.3 Å². The summed E-state index contributed by atoms with van der Waals surface area (Å²) in [6.45, 7) is 12.5. The summed E-state index contributed by atoms with van der Waals surface area (Å²) in [5, 5.41) is 17.3. The van der Waals surface area contributed by atoms with Crippen LogP contribution in [0.25, 0.3) is 21.3 Å². The first-order valence-electron chi connectivity index (χ1n) is 23.2. The molecule has 0 bridgehead atoms. The molecule has 3 amide bonds. The zero-order valence-electron chi connectivity index (χ0n) is 39.8. The molecule has 68 heavy (non-hydrogen) atoms. The molecule has 4 heterocycles. The number of amides is 3. The first-order chi connectivity index (χ1) is 32.3. The summed E-state index contributed by atoms with van der Waals surface area (Å²) >= 11 is 1.56. The number of aliphatic hydroxyl groups excluding tert-OH is 1. The maximum atomic E-state index is 16.0. The Bertz CT molecular complexity index is 2580. The number of alkyl halides is 1. The molecule has 5 aromatic rings. The summed E-state index contributed by atoms with van der Waals surface area (Å²) in [7, 11) is 0. The topological polar surface area (TPSA) is 149 Å². The van der Waals surface area contributed by atoms with Gasteiger partial charge in [0.1, 0.15) is 41.7 Å². The normalized spacial score (nSPS) is 19.4. The van der Waals surface area contributed by atoms with Gasteiger partial charge in [-0.15, -0.1) is 11.3 Å². The number of aromatic amines is 1. The van der Waals surface area contributed by atoms with Crippen LogP contribution < -0.4 is 15.4 Å². The highest BCUT2D eigenvalue weighted by Gasteiger charge is 2.45. The maximum absolute atomic E-state index is 16.0. The number of hydrogen-bond donors (Lipinski definition) is 4. The zero-order valence-corrected chi connectivity index (χ0v) is 40.7. The lowest BCUT2D eigenvalue weighted by molar-refractivity contribution is -0.144. The molecule has 0 spiro atoms. The average Bonchev–Trinajstić information content (AvgIpc) is 4.00. The van der Waals surface area contributed by atoms with E-state index < -0.39 is 64.7 Å². The number of thiazole rings is 1. The first-order valence-corrected chi connectivity index (χ1v) is 24.1. The minimum absolute atomic E-state index is 0.0182. The molecule has 2 aromatic heterocycles. The van der Waals surface area contributed by atoms with E-state index in [1.807, 2.05) is 100 Å². The van der Waals surface area contributed by atoms with Crippen LogP contribution in [0.2, 0.25) is 0 Å². The maximum Gasteiger partial charge on any atom is 0.246 e. The van der Waals surface area contributed by atoms with Crippen LogP contribution in [-0.4, -0.2) is 105 Å². The highest BCUT2D eigenvalue weighted by molar-refractivity contribution is 7.13. The summed E-state index contributed by atoms with van der Waals surface area (Å²) in [5.41, 5.74) is 4.67. The minimum Gasteiger partial charge on any atom is -0.493 e. The van der Waals surface area contributed by atoms with E-state index in [2.05, 4.69) is 20.6 Å². The third-order valence-corrected chi connectivity index (χ3v) is 13.5. The standard InChI is InChI=1S/C52H63F3N6O6S/c1-31-22-38-37-14-10-11-15-41(37)58-45(38)46(61(31)29-52(6,7)55)44-39(53)24-36(25-40(44)54)67-21-13-9-8-12-20-66-28-43(63)59-48(51(3,4)5)50(65)60-27-35(62)23-42(60)49(64)56-26-33-16-18-34(19-17-33)47-32(2)57-30-68-47/h8-11,14-19,24-25,30-31,35,42,46,48,58,62H,12-13,20-23,26-29H2,1-7H3,(H,56,64)(H,59,63)/b9-8+/t31-,35-,42+,46-,48?/m1/s1. The van der Waals surface area contributed by atoms with Gasteiger partial charge in [0, 0.05) is 66.4 Å². The Morgan fingerprint density at radius 3 is 2.37 bits per heavy atom. The van der Waals surface area contributed by atoms with Gasteiger partial charge in [-0.05, 0) is 75.1 Å². The summed E-state index contributed by atoms with van der Waals surface area (Å²) in [4.78, 5) is 52.4. The van der Waals surface area contributed by atoms with Crippen molar-refractivity contribution in [3.05, 3.63) is 118 Å². The number of ether oxygens (including phenoxy) is 2. The molecule has 3 aromatic carbocycles. The fraction of sp³-hybridized carbons (Fsp3) is 0.462. The van der Waals surface area contributed by atoms with Gasteiger partial charge in [-0.25, -0.2) is 18.2 Å². The van der Waals surface area contributed by atoms with E-state index in [-0.39, 0.29) is 63.2 Å². The number of fused-ring (bicyclic) bond motifs is 3. The van der Waals surface area contributed by atoms with Crippen molar-refractivity contribution in [2.45, 2.75) is 117 Å². The molecular formula is C52H63F3N6O6S. The Kier molecular flexibility index (Phi) is 15.8. The lowest BCUT2D eigenvalue weighted by atomic mass is 9.85. The van der Waals surface area contributed by atoms with E-state index in [1.165, 1.54) is 30.9 Å². The van der Waals surface area contributed by atoms with Crippen molar-refractivity contribution >= 4 is 40.0 Å². The molecule has 0 radical (unpaired) electrons. The molecule has 12 nitrogen and oxygen atoms in total. The van der Waals surface area contributed by atoms with E-state index in [0.717, 1.165) is 38.2 Å². The number of para-hydroxylation sites is 1. The van der Waals surface area contributed by atoms with Crippen LogP contribution in [0, 0.1) is 24.0 Å². The van der Waals surface area contributed by atoms with Gasteiger partial charge in [0.05, 0.1) is 41.4 Å². The predicted octanol–water partition coefficient (Wildman–Crippen LogP) is 8.50. The predicted molar refractivity (Wildman–Crippen MR) is 258 cm³/mol. The summed E-state index contributed by atoms with van der Waals surface area (Å²) in [6, 6.07) is 15.0. The molecule has 5 atom stereocenters. The number of aryl methyl sites for hydroxylation is 1. The molecule has 4 N–H and O–H groups in total. The molecule has 1 unspecified atom stereocenters. The number of likely N-dealkylation sites (tertiary alicyclic amines) is 1. The van der Waals surface area contributed by atoms with Crippen molar-refractivity contribution < 1.29 is 42.1 Å². The minimum atomic E-state index is -1.61. The van der Waals surface area contributed by atoms with E-state index in [1.54, 1.807) is 16.8 Å². The Balaban J connectivity index is 0.863. The highest BCUT2D eigenvalue weighted by atomic mass is 32.1. The molecule has 364 valence electrons. The van der Waals surface area contributed by atoms with Gasteiger partial charge >= 0.3 is 0 Å². The quantitative estimate of drug-likeness (QED) is 0.0505. The van der Waals surface area contributed by atoms with Gasteiger partial charge in [0.2, 0.25) is 17.7 Å². The van der Waals surface area contributed by atoms with Crippen LogP contribution in [0.3, 0.4) is 0 Å². The molecule has 2 aliphatic heterocycles. The van der Waals surface area contributed by atoms with Crippen LogP contribution in [0.15, 0.2) is 78.3 Å². The number of aliphatic hydroxyl groups is 1. The zero-order chi connectivity index (χ0) is 48.9. The fourth-order valence-corrected chi connectivity index (χ4v) is 10.00. The van der Waals surface area contributed by atoms with Crippen LogP contribution in [0.5, 0.6) is 5.75 Å². The summed E-state index contributed by atoms with van der Waals surface area (Å²) < 4.78 is 58.6. The second-order valence-electron chi connectivity index (χ2n) is 19.6. The Labute approximate surface area is 400 Å². The lowest BCUT2D eigenvalue weighted by Crippen LogP contribution is -2.58. The van der Waals surface area contributed by atoms with Crippen molar-refractivity contribution in [3.63, 3.8) is 0 Å². The van der Waals surface area contributed by atoms with Gasteiger partial charge in [0.25, 0.3) is 0 Å². The van der Waals surface area contributed by atoms with Crippen LogP contribution in [0.4, 0.5) is 13.2 Å². The monoisotopic (exact) mass is 956 g/mol.